The third kappa shape index (κ3) is 2.98. The molecule has 4 rings (SSSR count). The van der Waals surface area contributed by atoms with Gasteiger partial charge < -0.3 is 15.0 Å². The summed E-state index contributed by atoms with van der Waals surface area (Å²) in [7, 11) is 2.17. The Bertz CT molecular complexity index is 862. The number of aryl methyl sites for hydroxylation is 1. The highest BCUT2D eigenvalue weighted by Crippen LogP contribution is 2.41. The van der Waals surface area contributed by atoms with Crippen LogP contribution in [-0.2, 0) is 6.54 Å². The Kier molecular flexibility index (Phi) is 4.63. The second-order valence-corrected chi connectivity index (χ2v) is 8.27. The van der Waals surface area contributed by atoms with Gasteiger partial charge in [0.25, 0.3) is 5.56 Å². The minimum atomic E-state index is 0.0165. The maximum Gasteiger partial charge on any atom is 0.252 e. The van der Waals surface area contributed by atoms with E-state index in [0.29, 0.717) is 12.6 Å². The number of para-hydroxylation sites is 1. The lowest BCUT2D eigenvalue weighted by molar-refractivity contribution is -0.0685. The number of hydrogen-bond acceptors (Lipinski definition) is 4. The first-order chi connectivity index (χ1) is 12.5. The van der Waals surface area contributed by atoms with Crippen molar-refractivity contribution in [2.75, 3.05) is 33.3 Å². The van der Waals surface area contributed by atoms with Crippen molar-refractivity contribution < 1.29 is 5.11 Å². The quantitative estimate of drug-likeness (QED) is 0.885. The molecule has 0 bridgehead atoms. The van der Waals surface area contributed by atoms with Crippen LogP contribution in [-0.4, -0.2) is 59.2 Å². The fourth-order valence-electron chi connectivity index (χ4n) is 5.01. The number of aromatic nitrogens is 1. The van der Waals surface area contributed by atoms with Crippen LogP contribution in [0.4, 0.5) is 0 Å². The summed E-state index contributed by atoms with van der Waals surface area (Å²) in [6.07, 6.45) is 3.28. The van der Waals surface area contributed by atoms with Gasteiger partial charge in [-0.1, -0.05) is 18.2 Å². The van der Waals surface area contributed by atoms with Crippen molar-refractivity contribution >= 4 is 10.9 Å². The van der Waals surface area contributed by atoms with E-state index in [1.807, 2.05) is 25.1 Å². The molecule has 0 saturated carbocycles. The zero-order valence-corrected chi connectivity index (χ0v) is 15.8. The zero-order chi connectivity index (χ0) is 18.3. The van der Waals surface area contributed by atoms with Gasteiger partial charge in [0.1, 0.15) is 0 Å². The van der Waals surface area contributed by atoms with Crippen molar-refractivity contribution in [1.82, 2.24) is 14.8 Å². The van der Waals surface area contributed by atoms with Crippen LogP contribution in [0, 0.1) is 12.3 Å². The van der Waals surface area contributed by atoms with Crippen LogP contribution in [0.25, 0.3) is 10.9 Å². The van der Waals surface area contributed by atoms with Crippen LogP contribution in [0.2, 0.25) is 0 Å². The van der Waals surface area contributed by atoms with Gasteiger partial charge in [-0.2, -0.15) is 0 Å². The van der Waals surface area contributed by atoms with Gasteiger partial charge in [0.05, 0.1) is 12.1 Å². The van der Waals surface area contributed by atoms with E-state index in [-0.39, 0.29) is 17.6 Å². The van der Waals surface area contributed by atoms with E-state index in [1.165, 1.54) is 0 Å². The number of pyridine rings is 1. The molecule has 0 spiro atoms. The predicted octanol–water partition coefficient (Wildman–Crippen LogP) is 2.12. The lowest BCUT2D eigenvalue weighted by Crippen LogP contribution is -2.61. The standard InChI is InChI=1S/C21H29N3O2/c1-15-5-3-6-16-11-17(20(26)22-19(15)16)12-24-10-8-21(14-25)7-4-9-23(2)18(21)13-24/h3,5-6,11,18,25H,4,7-10,12-14H2,1-2H3,(H,22,26)/t18-,21-/m1/s1. The molecule has 0 aliphatic carbocycles. The van der Waals surface area contributed by atoms with Gasteiger partial charge in [-0.15, -0.1) is 0 Å². The molecule has 5 heteroatoms. The normalized spacial score (nSPS) is 27.6. The number of fused-ring (bicyclic) bond motifs is 2. The van der Waals surface area contributed by atoms with Gasteiger partial charge in [-0.3, -0.25) is 9.69 Å². The van der Waals surface area contributed by atoms with Gasteiger partial charge in [-0.05, 0) is 63.3 Å². The number of aromatic amines is 1. The summed E-state index contributed by atoms with van der Waals surface area (Å²) in [5.41, 5.74) is 2.92. The second-order valence-electron chi connectivity index (χ2n) is 8.27. The molecule has 2 aromatic rings. The molecule has 2 aliphatic heterocycles. The van der Waals surface area contributed by atoms with Gasteiger partial charge in [0.15, 0.2) is 0 Å². The Morgan fingerprint density at radius 1 is 1.31 bits per heavy atom. The van der Waals surface area contributed by atoms with Crippen molar-refractivity contribution in [3.05, 3.63) is 45.7 Å². The minimum Gasteiger partial charge on any atom is -0.396 e. The minimum absolute atomic E-state index is 0.0165. The molecule has 5 nitrogen and oxygen atoms in total. The molecule has 2 saturated heterocycles. The highest BCUT2D eigenvalue weighted by molar-refractivity contribution is 5.81. The highest BCUT2D eigenvalue weighted by atomic mass is 16.3. The lowest BCUT2D eigenvalue weighted by atomic mass is 9.69. The van der Waals surface area contributed by atoms with Crippen molar-refractivity contribution in [2.24, 2.45) is 5.41 Å². The number of nitrogens with zero attached hydrogens (tertiary/aromatic N) is 2. The number of aliphatic hydroxyl groups is 1. The van der Waals surface area contributed by atoms with Crippen molar-refractivity contribution in [2.45, 2.75) is 38.8 Å². The van der Waals surface area contributed by atoms with Crippen LogP contribution in [0.1, 0.15) is 30.4 Å². The summed E-state index contributed by atoms with van der Waals surface area (Å²) in [4.78, 5) is 20.4. The predicted molar refractivity (Wildman–Crippen MR) is 104 cm³/mol. The number of rotatable bonds is 3. The Hall–Kier alpha value is -1.69. The molecule has 1 aromatic heterocycles. The van der Waals surface area contributed by atoms with E-state index in [2.05, 4.69) is 27.9 Å². The molecular formula is C21H29N3O2. The first kappa shape index (κ1) is 17.7. The fraction of sp³-hybridized carbons (Fsp3) is 0.571. The zero-order valence-electron chi connectivity index (χ0n) is 15.8. The van der Waals surface area contributed by atoms with Crippen LogP contribution < -0.4 is 5.56 Å². The van der Waals surface area contributed by atoms with Crippen molar-refractivity contribution in [1.29, 1.82) is 0 Å². The SMILES string of the molecule is Cc1cccc2cc(CN3CC[C@@]4(CO)CCCN(C)[C@@H]4C3)c(=O)[nH]c12. The lowest BCUT2D eigenvalue weighted by Gasteiger charge is -2.53. The molecule has 2 aliphatic rings. The number of aliphatic hydroxyl groups excluding tert-OH is 1. The molecule has 0 unspecified atom stereocenters. The molecular weight excluding hydrogens is 326 g/mol. The van der Waals surface area contributed by atoms with Crippen LogP contribution in [0.15, 0.2) is 29.1 Å². The topological polar surface area (TPSA) is 59.6 Å². The van der Waals surface area contributed by atoms with Gasteiger partial charge in [0.2, 0.25) is 0 Å². The van der Waals surface area contributed by atoms with E-state index < -0.39 is 0 Å². The molecule has 2 fully saturated rings. The van der Waals surface area contributed by atoms with Crippen LogP contribution >= 0.6 is 0 Å². The van der Waals surface area contributed by atoms with Gasteiger partial charge in [0, 0.05) is 30.1 Å². The second kappa shape index (κ2) is 6.80. The number of benzene rings is 1. The average molecular weight is 355 g/mol. The Morgan fingerprint density at radius 3 is 2.96 bits per heavy atom. The van der Waals surface area contributed by atoms with Crippen molar-refractivity contribution in [3.8, 4) is 0 Å². The molecule has 2 atom stereocenters. The number of hydrogen-bond donors (Lipinski definition) is 2. The summed E-state index contributed by atoms with van der Waals surface area (Å²) in [6, 6.07) is 8.53. The van der Waals surface area contributed by atoms with Gasteiger partial charge in [-0.25, -0.2) is 0 Å². The Morgan fingerprint density at radius 2 is 2.15 bits per heavy atom. The summed E-state index contributed by atoms with van der Waals surface area (Å²) >= 11 is 0. The van der Waals surface area contributed by atoms with E-state index in [1.54, 1.807) is 0 Å². The molecule has 0 amide bonds. The van der Waals surface area contributed by atoms with E-state index in [9.17, 15) is 9.90 Å². The monoisotopic (exact) mass is 355 g/mol. The van der Waals surface area contributed by atoms with E-state index in [4.69, 9.17) is 0 Å². The maximum atomic E-state index is 12.6. The van der Waals surface area contributed by atoms with E-state index >= 15 is 0 Å². The molecule has 26 heavy (non-hydrogen) atoms. The largest absolute Gasteiger partial charge is 0.396 e. The van der Waals surface area contributed by atoms with Crippen LogP contribution in [0.5, 0.6) is 0 Å². The third-order valence-electron chi connectivity index (χ3n) is 6.66. The highest BCUT2D eigenvalue weighted by Gasteiger charge is 2.46. The molecule has 0 radical (unpaired) electrons. The summed E-state index contributed by atoms with van der Waals surface area (Å²) < 4.78 is 0. The third-order valence-corrected chi connectivity index (χ3v) is 6.66. The average Bonchev–Trinajstić information content (AvgIpc) is 2.64. The maximum absolute atomic E-state index is 12.6. The molecule has 140 valence electrons. The smallest absolute Gasteiger partial charge is 0.252 e. The number of likely N-dealkylation sites (N-methyl/N-ethyl adjacent to an activating group) is 1. The Balaban J connectivity index is 1.58. The fourth-order valence-corrected chi connectivity index (χ4v) is 5.01. The molecule has 1 aromatic carbocycles. The molecule has 2 N–H and O–H groups in total. The first-order valence-electron chi connectivity index (χ1n) is 9.67. The Labute approximate surface area is 154 Å². The number of nitrogens with one attached hydrogen (secondary N) is 1. The summed E-state index contributed by atoms with van der Waals surface area (Å²) in [6.45, 7) is 5.92. The number of likely N-dealkylation sites (tertiary alicyclic amines) is 2. The number of piperidine rings is 2. The summed E-state index contributed by atoms with van der Waals surface area (Å²) in [5.74, 6) is 0. The molecule has 3 heterocycles. The number of H-pyrrole nitrogens is 1. The van der Waals surface area contributed by atoms with Crippen LogP contribution in [0.3, 0.4) is 0 Å². The van der Waals surface area contributed by atoms with Gasteiger partial charge >= 0.3 is 0 Å². The summed E-state index contributed by atoms with van der Waals surface area (Å²) in [5, 5.41) is 11.2. The first-order valence-corrected chi connectivity index (χ1v) is 9.67. The van der Waals surface area contributed by atoms with Crippen molar-refractivity contribution in [3.63, 3.8) is 0 Å². The van der Waals surface area contributed by atoms with E-state index in [0.717, 1.165) is 60.9 Å².